The summed E-state index contributed by atoms with van der Waals surface area (Å²) in [5, 5.41) is 7.13. The highest BCUT2D eigenvalue weighted by molar-refractivity contribution is 5.92. The van der Waals surface area contributed by atoms with Crippen LogP contribution in [0.3, 0.4) is 0 Å². The molecule has 2 rings (SSSR count). The Morgan fingerprint density at radius 1 is 1.27 bits per heavy atom. The number of carbonyl (C=O) groups is 1. The fourth-order valence-electron chi connectivity index (χ4n) is 2.63. The van der Waals surface area contributed by atoms with Crippen molar-refractivity contribution in [1.82, 2.24) is 15.1 Å². The number of hydrogen-bond acceptors (Lipinski definition) is 3. The quantitative estimate of drug-likeness (QED) is 0.514. The van der Waals surface area contributed by atoms with Gasteiger partial charge in [0, 0.05) is 13.6 Å². The van der Waals surface area contributed by atoms with Crippen molar-refractivity contribution in [2.75, 3.05) is 6.61 Å². The lowest BCUT2D eigenvalue weighted by Gasteiger charge is -2.09. The van der Waals surface area contributed by atoms with Crippen LogP contribution >= 0.6 is 0 Å². The van der Waals surface area contributed by atoms with Crippen molar-refractivity contribution in [3.63, 3.8) is 0 Å². The first-order valence-corrected chi connectivity index (χ1v) is 9.25. The molecule has 0 aliphatic heterocycles. The number of aryl methyl sites for hydroxylation is 2. The SMILES string of the molecule is CCCC=CCCCOc1cccc(CNC(=O)c2cc(C)nn2C)c1. The molecule has 26 heavy (non-hydrogen) atoms. The Morgan fingerprint density at radius 2 is 2.08 bits per heavy atom. The second-order valence-electron chi connectivity index (χ2n) is 6.38. The smallest absolute Gasteiger partial charge is 0.269 e. The van der Waals surface area contributed by atoms with Gasteiger partial charge in [0.25, 0.3) is 5.91 Å². The summed E-state index contributed by atoms with van der Waals surface area (Å²) in [6, 6.07) is 9.63. The summed E-state index contributed by atoms with van der Waals surface area (Å²) >= 11 is 0. The van der Waals surface area contributed by atoms with Crippen molar-refractivity contribution >= 4 is 5.91 Å². The normalized spacial score (nSPS) is 11.0. The van der Waals surface area contributed by atoms with Crippen molar-refractivity contribution in [2.24, 2.45) is 7.05 Å². The third-order valence-electron chi connectivity index (χ3n) is 3.99. The lowest BCUT2D eigenvalue weighted by atomic mass is 10.2. The number of rotatable bonds is 10. The van der Waals surface area contributed by atoms with Gasteiger partial charge in [0.05, 0.1) is 12.3 Å². The van der Waals surface area contributed by atoms with Gasteiger partial charge in [-0.05, 0) is 49.9 Å². The summed E-state index contributed by atoms with van der Waals surface area (Å²) in [7, 11) is 1.77. The average molecular weight is 355 g/mol. The number of allylic oxidation sites excluding steroid dienone is 2. The standard InChI is InChI=1S/C21H29N3O2/c1-4-5-6-7-8-9-13-26-19-12-10-11-18(15-19)16-22-21(25)20-14-17(2)23-24(20)3/h6-7,10-12,14-15H,4-5,8-9,13,16H2,1-3H3,(H,22,25). The number of aromatic nitrogens is 2. The minimum absolute atomic E-state index is 0.127. The van der Waals surface area contributed by atoms with Crippen LogP contribution in [-0.4, -0.2) is 22.3 Å². The molecule has 0 unspecified atom stereocenters. The Kier molecular flexibility index (Phi) is 7.93. The van der Waals surface area contributed by atoms with E-state index in [0.717, 1.165) is 36.3 Å². The lowest BCUT2D eigenvalue weighted by Crippen LogP contribution is -2.25. The molecule has 1 amide bonds. The highest BCUT2D eigenvalue weighted by Crippen LogP contribution is 2.14. The number of unbranched alkanes of at least 4 members (excludes halogenated alkanes) is 2. The van der Waals surface area contributed by atoms with Crippen LogP contribution < -0.4 is 10.1 Å². The third kappa shape index (κ3) is 6.39. The molecule has 2 aromatic rings. The zero-order valence-corrected chi connectivity index (χ0v) is 16.0. The molecule has 0 aliphatic rings. The van der Waals surface area contributed by atoms with E-state index in [-0.39, 0.29) is 5.91 Å². The van der Waals surface area contributed by atoms with Gasteiger partial charge in [-0.2, -0.15) is 5.10 Å². The number of nitrogens with one attached hydrogen (secondary N) is 1. The van der Waals surface area contributed by atoms with E-state index in [1.165, 1.54) is 6.42 Å². The van der Waals surface area contributed by atoms with Crippen molar-refractivity contribution in [3.8, 4) is 5.75 Å². The molecule has 5 heteroatoms. The molecule has 1 aromatic carbocycles. The summed E-state index contributed by atoms with van der Waals surface area (Å²) in [5.41, 5.74) is 2.40. The first-order valence-electron chi connectivity index (χ1n) is 9.25. The van der Waals surface area contributed by atoms with Crippen LogP contribution in [0.4, 0.5) is 0 Å². The highest BCUT2D eigenvalue weighted by atomic mass is 16.5. The van der Waals surface area contributed by atoms with E-state index in [4.69, 9.17) is 4.74 Å². The summed E-state index contributed by atoms with van der Waals surface area (Å²) in [4.78, 5) is 12.2. The Hall–Kier alpha value is -2.56. The maximum Gasteiger partial charge on any atom is 0.269 e. The zero-order valence-electron chi connectivity index (χ0n) is 16.0. The van der Waals surface area contributed by atoms with Gasteiger partial charge in [0.2, 0.25) is 0 Å². The van der Waals surface area contributed by atoms with Gasteiger partial charge in [0.1, 0.15) is 11.4 Å². The fraction of sp³-hybridized carbons (Fsp3) is 0.429. The van der Waals surface area contributed by atoms with Gasteiger partial charge in [0.15, 0.2) is 0 Å². The topological polar surface area (TPSA) is 56.1 Å². The van der Waals surface area contributed by atoms with Crippen molar-refractivity contribution < 1.29 is 9.53 Å². The summed E-state index contributed by atoms with van der Waals surface area (Å²) in [5.74, 6) is 0.712. The molecule has 0 radical (unpaired) electrons. The van der Waals surface area contributed by atoms with Crippen molar-refractivity contribution in [2.45, 2.75) is 46.1 Å². The van der Waals surface area contributed by atoms with Crippen LogP contribution in [0.2, 0.25) is 0 Å². The molecular weight excluding hydrogens is 326 g/mol. The lowest BCUT2D eigenvalue weighted by molar-refractivity contribution is 0.0941. The third-order valence-corrected chi connectivity index (χ3v) is 3.99. The second kappa shape index (κ2) is 10.4. The Labute approximate surface area is 156 Å². The Balaban J connectivity index is 1.77. The number of nitrogens with zero attached hydrogens (tertiary/aromatic N) is 2. The van der Waals surface area contributed by atoms with Crippen LogP contribution in [-0.2, 0) is 13.6 Å². The molecule has 0 bridgehead atoms. The predicted octanol–water partition coefficient (Wildman–Crippen LogP) is 4.17. The molecule has 0 saturated carbocycles. The van der Waals surface area contributed by atoms with Crippen molar-refractivity contribution in [1.29, 1.82) is 0 Å². The second-order valence-corrected chi connectivity index (χ2v) is 6.38. The fourth-order valence-corrected chi connectivity index (χ4v) is 2.63. The first-order chi connectivity index (χ1) is 12.6. The zero-order chi connectivity index (χ0) is 18.8. The van der Waals surface area contributed by atoms with E-state index in [1.807, 2.05) is 31.2 Å². The number of hydrogen-bond donors (Lipinski definition) is 1. The maximum absolute atomic E-state index is 12.2. The molecular formula is C21H29N3O2. The van der Waals surface area contributed by atoms with E-state index >= 15 is 0 Å². The molecule has 140 valence electrons. The Bertz CT molecular complexity index is 735. The molecule has 5 nitrogen and oxygen atoms in total. The number of carbonyl (C=O) groups excluding carboxylic acids is 1. The summed E-state index contributed by atoms with van der Waals surface area (Å²) < 4.78 is 7.40. The summed E-state index contributed by atoms with van der Waals surface area (Å²) in [6.45, 7) is 5.21. The minimum Gasteiger partial charge on any atom is -0.494 e. The van der Waals surface area contributed by atoms with Crippen molar-refractivity contribution in [3.05, 3.63) is 59.4 Å². The van der Waals surface area contributed by atoms with Crippen LogP contribution in [0, 0.1) is 6.92 Å². The predicted molar refractivity (Wildman–Crippen MR) is 104 cm³/mol. The number of ether oxygens (including phenoxy) is 1. The number of amides is 1. The first kappa shape index (κ1) is 19.8. The van der Waals surface area contributed by atoms with E-state index in [2.05, 4.69) is 29.5 Å². The summed E-state index contributed by atoms with van der Waals surface area (Å²) in [6.07, 6.45) is 8.83. The van der Waals surface area contributed by atoms with E-state index < -0.39 is 0 Å². The van der Waals surface area contributed by atoms with Gasteiger partial charge >= 0.3 is 0 Å². The molecule has 0 saturated heterocycles. The molecule has 1 N–H and O–H groups in total. The van der Waals surface area contributed by atoms with Crippen LogP contribution in [0.1, 0.15) is 54.4 Å². The molecule has 1 heterocycles. The van der Waals surface area contributed by atoms with E-state index in [9.17, 15) is 4.79 Å². The van der Waals surface area contributed by atoms with E-state index in [0.29, 0.717) is 18.8 Å². The highest BCUT2D eigenvalue weighted by Gasteiger charge is 2.11. The van der Waals surface area contributed by atoms with Crippen LogP contribution in [0.5, 0.6) is 5.75 Å². The molecule has 0 spiro atoms. The maximum atomic E-state index is 12.2. The Morgan fingerprint density at radius 3 is 2.81 bits per heavy atom. The van der Waals surface area contributed by atoms with Gasteiger partial charge in [-0.15, -0.1) is 0 Å². The molecule has 0 aliphatic carbocycles. The largest absolute Gasteiger partial charge is 0.494 e. The van der Waals surface area contributed by atoms with Gasteiger partial charge in [-0.3, -0.25) is 9.48 Å². The van der Waals surface area contributed by atoms with Gasteiger partial charge < -0.3 is 10.1 Å². The molecule has 0 fully saturated rings. The van der Waals surface area contributed by atoms with Gasteiger partial charge in [-0.1, -0.05) is 37.6 Å². The minimum atomic E-state index is -0.127. The molecule has 1 aromatic heterocycles. The van der Waals surface area contributed by atoms with Crippen LogP contribution in [0.25, 0.3) is 0 Å². The monoisotopic (exact) mass is 355 g/mol. The number of benzene rings is 1. The molecule has 0 atom stereocenters. The van der Waals surface area contributed by atoms with E-state index in [1.54, 1.807) is 17.8 Å². The van der Waals surface area contributed by atoms with Gasteiger partial charge in [-0.25, -0.2) is 0 Å². The average Bonchev–Trinajstić information content (AvgIpc) is 2.97. The van der Waals surface area contributed by atoms with Crippen LogP contribution in [0.15, 0.2) is 42.5 Å².